The summed E-state index contributed by atoms with van der Waals surface area (Å²) >= 11 is 6.21. The zero-order valence-electron chi connectivity index (χ0n) is 16.4. The van der Waals surface area contributed by atoms with Crippen LogP contribution < -0.4 is 10.1 Å². The first-order valence-corrected chi connectivity index (χ1v) is 9.93. The molecular formula is C24H23ClN2O2. The molecule has 2 atom stereocenters. The summed E-state index contributed by atoms with van der Waals surface area (Å²) in [6, 6.07) is 21.3. The fourth-order valence-corrected chi connectivity index (χ4v) is 3.79. The lowest BCUT2D eigenvalue weighted by atomic mass is 9.93. The number of aryl methyl sites for hydroxylation is 1. The summed E-state index contributed by atoms with van der Waals surface area (Å²) in [6.07, 6.45) is 0.401. The van der Waals surface area contributed by atoms with Gasteiger partial charge in [0.25, 0.3) is 0 Å². The molecule has 2 N–H and O–H groups in total. The smallest absolute Gasteiger partial charge is 0.126 e. The molecule has 4 nitrogen and oxygen atoms in total. The van der Waals surface area contributed by atoms with Crippen molar-refractivity contribution in [3.63, 3.8) is 0 Å². The van der Waals surface area contributed by atoms with Crippen molar-refractivity contribution in [3.05, 3.63) is 94.0 Å². The van der Waals surface area contributed by atoms with Crippen molar-refractivity contribution in [2.75, 3.05) is 7.11 Å². The second-order valence-electron chi connectivity index (χ2n) is 7.25. The van der Waals surface area contributed by atoms with Crippen LogP contribution in [0.1, 0.15) is 40.9 Å². The van der Waals surface area contributed by atoms with Crippen LogP contribution in [0.3, 0.4) is 0 Å². The topological polar surface area (TPSA) is 53.8 Å². The van der Waals surface area contributed by atoms with E-state index in [4.69, 9.17) is 21.3 Å². The van der Waals surface area contributed by atoms with Crippen LogP contribution in [-0.4, -0.2) is 17.9 Å². The molecule has 4 rings (SSSR count). The number of hydrogen-bond acceptors (Lipinski definition) is 4. The van der Waals surface area contributed by atoms with Gasteiger partial charge in [0, 0.05) is 28.8 Å². The van der Waals surface area contributed by atoms with Gasteiger partial charge in [-0.05, 0) is 48.4 Å². The molecule has 1 aliphatic heterocycles. The van der Waals surface area contributed by atoms with Crippen molar-refractivity contribution in [1.82, 2.24) is 5.32 Å². The fraction of sp³-hybridized carbons (Fsp3) is 0.208. The highest BCUT2D eigenvalue weighted by Crippen LogP contribution is 2.36. The van der Waals surface area contributed by atoms with Gasteiger partial charge in [-0.3, -0.25) is 10.3 Å². The molecule has 0 aromatic heterocycles. The Hall–Kier alpha value is -2.82. The van der Waals surface area contributed by atoms with Gasteiger partial charge in [-0.25, -0.2) is 0 Å². The van der Waals surface area contributed by atoms with Gasteiger partial charge in [0.15, 0.2) is 0 Å². The number of nitrogens with zero attached hydrogens (tertiary/aromatic N) is 1. The van der Waals surface area contributed by atoms with Crippen LogP contribution in [0.15, 0.2) is 71.7 Å². The number of halogens is 1. The molecule has 0 radical (unpaired) electrons. The molecule has 0 spiro atoms. The third-order valence-corrected chi connectivity index (χ3v) is 5.44. The van der Waals surface area contributed by atoms with Crippen LogP contribution in [0.5, 0.6) is 11.5 Å². The Morgan fingerprint density at radius 1 is 1.07 bits per heavy atom. The van der Waals surface area contributed by atoms with Gasteiger partial charge in [-0.1, -0.05) is 53.6 Å². The molecule has 3 aromatic rings. The van der Waals surface area contributed by atoms with E-state index in [9.17, 15) is 5.11 Å². The molecule has 0 saturated carbocycles. The third kappa shape index (κ3) is 4.29. The lowest BCUT2D eigenvalue weighted by Gasteiger charge is -2.31. The molecule has 5 heteroatoms. The molecule has 29 heavy (non-hydrogen) atoms. The Balaban J connectivity index is 1.77. The fourth-order valence-electron chi connectivity index (χ4n) is 3.61. The predicted octanol–water partition coefficient (Wildman–Crippen LogP) is 5.59. The highest BCUT2D eigenvalue weighted by atomic mass is 35.5. The van der Waals surface area contributed by atoms with Crippen LogP contribution >= 0.6 is 11.6 Å². The van der Waals surface area contributed by atoms with Crippen LogP contribution in [0.2, 0.25) is 5.02 Å². The molecule has 0 amide bonds. The number of rotatable bonds is 4. The minimum Gasteiger partial charge on any atom is -0.508 e. The van der Waals surface area contributed by atoms with E-state index in [0.29, 0.717) is 11.4 Å². The van der Waals surface area contributed by atoms with E-state index in [-0.39, 0.29) is 18.0 Å². The minimum absolute atomic E-state index is 0.126. The normalized spacial score (nSPS) is 18.9. The van der Waals surface area contributed by atoms with Crippen LogP contribution in [-0.2, 0) is 0 Å². The molecule has 1 aliphatic rings. The van der Waals surface area contributed by atoms with Gasteiger partial charge in [-0.15, -0.1) is 0 Å². The van der Waals surface area contributed by atoms with Gasteiger partial charge < -0.3 is 9.84 Å². The lowest BCUT2D eigenvalue weighted by molar-refractivity contribution is 0.411. The predicted molar refractivity (Wildman–Crippen MR) is 117 cm³/mol. The van der Waals surface area contributed by atoms with E-state index in [1.165, 1.54) is 5.56 Å². The number of phenolic OH excluding ortho intramolecular Hbond substituents is 1. The molecule has 148 valence electrons. The summed E-state index contributed by atoms with van der Waals surface area (Å²) in [4.78, 5) is 4.99. The monoisotopic (exact) mass is 406 g/mol. The number of aromatic hydroxyl groups is 1. The Labute approximate surface area is 175 Å². The first-order chi connectivity index (χ1) is 14.0. The van der Waals surface area contributed by atoms with E-state index < -0.39 is 0 Å². The summed E-state index contributed by atoms with van der Waals surface area (Å²) in [5.74, 6) is 1.01. The number of nitrogens with one attached hydrogen (secondary N) is 1. The maximum atomic E-state index is 10.5. The number of methoxy groups -OCH3 is 1. The molecule has 0 unspecified atom stereocenters. The standard InChI is InChI=1S/C24H23ClN2O2/c1-15-6-8-16(9-7-15)24-26-21(17-4-3-5-19(12-17)29-2)14-22(27-24)20-13-18(25)10-11-23(20)28/h3-13,22,24,27-28H,14H2,1-2H3/t22-,24-/m0/s1. The van der Waals surface area contributed by atoms with Crippen molar-refractivity contribution in [2.45, 2.75) is 25.6 Å². The second kappa shape index (κ2) is 8.27. The van der Waals surface area contributed by atoms with Gasteiger partial charge >= 0.3 is 0 Å². The minimum atomic E-state index is -0.228. The summed E-state index contributed by atoms with van der Waals surface area (Å²) < 4.78 is 5.39. The van der Waals surface area contributed by atoms with Crippen molar-refractivity contribution < 1.29 is 9.84 Å². The molecule has 0 fully saturated rings. The van der Waals surface area contributed by atoms with Gasteiger partial charge in [0.2, 0.25) is 0 Å². The number of aliphatic imine (C=N–C) groups is 1. The lowest BCUT2D eigenvalue weighted by Crippen LogP contribution is -2.33. The quantitative estimate of drug-likeness (QED) is 0.594. The molecule has 1 heterocycles. The molecule has 0 saturated heterocycles. The van der Waals surface area contributed by atoms with Crippen molar-refractivity contribution >= 4 is 17.3 Å². The number of ether oxygens (including phenoxy) is 1. The number of benzene rings is 3. The highest BCUT2D eigenvalue weighted by molar-refractivity contribution is 6.30. The Bertz CT molecular complexity index is 1050. The molecule has 3 aromatic carbocycles. The van der Waals surface area contributed by atoms with Crippen molar-refractivity contribution in [2.24, 2.45) is 4.99 Å². The van der Waals surface area contributed by atoms with E-state index in [1.54, 1.807) is 19.2 Å². The van der Waals surface area contributed by atoms with Gasteiger partial charge in [0.05, 0.1) is 7.11 Å². The van der Waals surface area contributed by atoms with Crippen LogP contribution in [0.25, 0.3) is 0 Å². The van der Waals surface area contributed by atoms with Gasteiger partial charge in [-0.2, -0.15) is 0 Å². The second-order valence-corrected chi connectivity index (χ2v) is 7.68. The van der Waals surface area contributed by atoms with Crippen molar-refractivity contribution in [1.29, 1.82) is 0 Å². The zero-order valence-corrected chi connectivity index (χ0v) is 17.1. The van der Waals surface area contributed by atoms with Crippen LogP contribution in [0.4, 0.5) is 0 Å². The first kappa shape index (κ1) is 19.5. The molecular weight excluding hydrogens is 384 g/mol. The highest BCUT2D eigenvalue weighted by Gasteiger charge is 2.28. The SMILES string of the molecule is COc1cccc(C2=N[C@H](c3ccc(C)cc3)N[C@H](c3cc(Cl)ccc3O)C2)c1. The Morgan fingerprint density at radius 2 is 1.86 bits per heavy atom. The maximum Gasteiger partial charge on any atom is 0.126 e. The number of hydrogen-bond donors (Lipinski definition) is 2. The summed E-state index contributed by atoms with van der Waals surface area (Å²) in [5, 5.41) is 14.6. The molecule has 0 bridgehead atoms. The Kier molecular flexibility index (Phi) is 5.56. The largest absolute Gasteiger partial charge is 0.508 e. The van der Waals surface area contributed by atoms with Crippen LogP contribution in [0, 0.1) is 6.92 Å². The van der Waals surface area contributed by atoms with Crippen molar-refractivity contribution in [3.8, 4) is 11.5 Å². The maximum absolute atomic E-state index is 10.5. The average Bonchev–Trinajstić information content (AvgIpc) is 2.75. The van der Waals surface area contributed by atoms with E-state index >= 15 is 0 Å². The summed E-state index contributed by atoms with van der Waals surface area (Å²) in [6.45, 7) is 2.07. The van der Waals surface area contributed by atoms with E-state index in [0.717, 1.165) is 28.2 Å². The number of phenols is 1. The first-order valence-electron chi connectivity index (χ1n) is 9.55. The average molecular weight is 407 g/mol. The summed E-state index contributed by atoms with van der Waals surface area (Å²) in [5.41, 5.74) is 5.00. The van der Waals surface area contributed by atoms with E-state index in [1.807, 2.05) is 30.3 Å². The van der Waals surface area contributed by atoms with E-state index in [2.05, 4.69) is 36.5 Å². The zero-order chi connectivity index (χ0) is 20.4. The molecule has 0 aliphatic carbocycles. The Morgan fingerprint density at radius 3 is 2.62 bits per heavy atom. The third-order valence-electron chi connectivity index (χ3n) is 5.20. The van der Waals surface area contributed by atoms with Gasteiger partial charge in [0.1, 0.15) is 17.7 Å². The summed E-state index contributed by atoms with van der Waals surface area (Å²) in [7, 11) is 1.66.